The average Bonchev–Trinajstić information content (AvgIpc) is 3.13. The number of carbonyl (C=O) groups excluding carboxylic acids is 1. The molecular formula is C18H23N5O3S. The number of amides is 1. The highest BCUT2D eigenvalue weighted by Gasteiger charge is 2.29. The largest absolute Gasteiger partial charge is 0.326 e. The molecule has 1 amide bonds. The van der Waals surface area contributed by atoms with E-state index in [-0.39, 0.29) is 23.3 Å². The van der Waals surface area contributed by atoms with Gasteiger partial charge in [-0.1, -0.05) is 25.0 Å². The van der Waals surface area contributed by atoms with E-state index in [4.69, 9.17) is 0 Å². The fourth-order valence-electron chi connectivity index (χ4n) is 3.56. The summed E-state index contributed by atoms with van der Waals surface area (Å²) in [5.74, 6) is 0.288. The predicted molar refractivity (Wildman–Crippen MR) is 101 cm³/mol. The number of hydrogen-bond acceptors (Lipinski definition) is 6. The summed E-state index contributed by atoms with van der Waals surface area (Å²) in [6.07, 6.45) is 5.49. The molecule has 4 rings (SSSR count). The van der Waals surface area contributed by atoms with Gasteiger partial charge in [0.2, 0.25) is 5.91 Å². The molecule has 0 radical (unpaired) electrons. The third-order valence-corrected chi connectivity index (χ3v) is 7.47. The highest BCUT2D eigenvalue weighted by molar-refractivity contribution is 7.92. The lowest BCUT2D eigenvalue weighted by atomic mass is 10.2. The van der Waals surface area contributed by atoms with Crippen molar-refractivity contribution in [2.24, 2.45) is 0 Å². The van der Waals surface area contributed by atoms with Crippen LogP contribution in [0.1, 0.15) is 51.0 Å². The monoisotopic (exact) mass is 389 g/mol. The van der Waals surface area contributed by atoms with Crippen molar-refractivity contribution in [3.05, 3.63) is 24.3 Å². The summed E-state index contributed by atoms with van der Waals surface area (Å²) in [7, 11) is -3.19. The van der Waals surface area contributed by atoms with Gasteiger partial charge >= 0.3 is 0 Å². The molecule has 27 heavy (non-hydrogen) atoms. The number of carbonyl (C=O) groups is 1. The number of aromatic nitrogens is 4. The fraction of sp³-hybridized carbons (Fsp3) is 0.556. The summed E-state index contributed by atoms with van der Waals surface area (Å²) in [5.41, 5.74) is 1.43. The maximum absolute atomic E-state index is 12.3. The Bertz CT molecular complexity index is 930. The van der Waals surface area contributed by atoms with E-state index >= 15 is 0 Å². The molecule has 8 nitrogen and oxygen atoms in total. The molecule has 0 bridgehead atoms. The van der Waals surface area contributed by atoms with Crippen LogP contribution in [0.4, 0.5) is 5.69 Å². The minimum Gasteiger partial charge on any atom is -0.326 e. The quantitative estimate of drug-likeness (QED) is 0.779. The zero-order valence-electron chi connectivity index (χ0n) is 15.0. The molecule has 1 aromatic heterocycles. The SMILES string of the molecule is O=C(CCS(=O)(=O)C1CCCC1)Nc1cccc(-c2nnnn2C2CC2)c1. The lowest BCUT2D eigenvalue weighted by Gasteiger charge is -2.11. The first-order chi connectivity index (χ1) is 13.0. The van der Waals surface area contributed by atoms with Gasteiger partial charge in [-0.15, -0.1) is 5.10 Å². The van der Waals surface area contributed by atoms with Crippen molar-refractivity contribution in [1.82, 2.24) is 20.2 Å². The molecule has 2 saturated carbocycles. The van der Waals surface area contributed by atoms with Crippen LogP contribution in [-0.2, 0) is 14.6 Å². The Morgan fingerprint density at radius 3 is 2.70 bits per heavy atom. The zero-order chi connectivity index (χ0) is 18.9. The first-order valence-electron chi connectivity index (χ1n) is 9.43. The second-order valence-electron chi connectivity index (χ2n) is 7.33. The van der Waals surface area contributed by atoms with Crippen LogP contribution in [0.2, 0.25) is 0 Å². The van der Waals surface area contributed by atoms with Crippen molar-refractivity contribution in [3.8, 4) is 11.4 Å². The van der Waals surface area contributed by atoms with E-state index in [1.54, 1.807) is 6.07 Å². The van der Waals surface area contributed by atoms with Gasteiger partial charge in [-0.05, 0) is 48.2 Å². The first-order valence-corrected chi connectivity index (χ1v) is 11.1. The molecule has 0 unspecified atom stereocenters. The summed E-state index contributed by atoms with van der Waals surface area (Å²) in [6, 6.07) is 7.66. The third kappa shape index (κ3) is 4.18. The van der Waals surface area contributed by atoms with Gasteiger partial charge in [-0.3, -0.25) is 4.79 Å². The molecule has 0 atom stereocenters. The Balaban J connectivity index is 1.39. The molecule has 0 spiro atoms. The number of rotatable bonds is 7. The lowest BCUT2D eigenvalue weighted by molar-refractivity contribution is -0.115. The van der Waals surface area contributed by atoms with Crippen molar-refractivity contribution in [2.75, 3.05) is 11.1 Å². The molecule has 2 aliphatic rings. The maximum atomic E-state index is 12.3. The molecule has 0 aliphatic heterocycles. The number of anilines is 1. The van der Waals surface area contributed by atoms with Crippen molar-refractivity contribution < 1.29 is 13.2 Å². The topological polar surface area (TPSA) is 107 Å². The van der Waals surface area contributed by atoms with Crippen LogP contribution < -0.4 is 5.32 Å². The molecular weight excluding hydrogens is 366 g/mol. The second-order valence-corrected chi connectivity index (χ2v) is 9.73. The van der Waals surface area contributed by atoms with Gasteiger partial charge in [0.05, 0.1) is 17.0 Å². The molecule has 0 saturated heterocycles. The van der Waals surface area contributed by atoms with Crippen LogP contribution in [0.3, 0.4) is 0 Å². The summed E-state index contributed by atoms with van der Waals surface area (Å²) in [4.78, 5) is 12.2. The first kappa shape index (κ1) is 18.1. The van der Waals surface area contributed by atoms with Crippen LogP contribution >= 0.6 is 0 Å². The summed E-state index contributed by atoms with van der Waals surface area (Å²) >= 11 is 0. The summed E-state index contributed by atoms with van der Waals surface area (Å²) < 4.78 is 26.4. The number of nitrogens with zero attached hydrogens (tertiary/aromatic N) is 4. The molecule has 2 aromatic rings. The molecule has 1 aromatic carbocycles. The standard InChI is InChI=1S/C18H23N5O3S/c24-17(10-11-27(25,26)16-6-1-2-7-16)19-14-5-3-4-13(12-14)18-20-21-22-23(18)15-8-9-15/h3-5,12,15-16H,1-2,6-11H2,(H,19,24). The average molecular weight is 389 g/mol. The minimum atomic E-state index is -3.19. The van der Waals surface area contributed by atoms with Gasteiger partial charge in [0.1, 0.15) is 0 Å². The van der Waals surface area contributed by atoms with E-state index < -0.39 is 9.84 Å². The molecule has 2 aliphatic carbocycles. The van der Waals surface area contributed by atoms with Crippen LogP contribution in [0.5, 0.6) is 0 Å². The van der Waals surface area contributed by atoms with Crippen molar-refractivity contribution in [1.29, 1.82) is 0 Å². The van der Waals surface area contributed by atoms with Gasteiger partial charge in [-0.25, -0.2) is 13.1 Å². The zero-order valence-corrected chi connectivity index (χ0v) is 15.9. The second kappa shape index (κ2) is 7.38. The Kier molecular flexibility index (Phi) is 4.94. The Morgan fingerprint density at radius 1 is 1.19 bits per heavy atom. The van der Waals surface area contributed by atoms with Gasteiger partial charge in [-0.2, -0.15) is 0 Å². The minimum absolute atomic E-state index is 0.0249. The van der Waals surface area contributed by atoms with E-state index in [0.717, 1.165) is 44.1 Å². The number of benzene rings is 1. The van der Waals surface area contributed by atoms with Crippen molar-refractivity contribution in [3.63, 3.8) is 0 Å². The molecule has 2 fully saturated rings. The summed E-state index contributed by atoms with van der Waals surface area (Å²) in [6.45, 7) is 0. The van der Waals surface area contributed by atoms with E-state index in [9.17, 15) is 13.2 Å². The van der Waals surface area contributed by atoms with Crippen LogP contribution in [0, 0.1) is 0 Å². The van der Waals surface area contributed by atoms with E-state index in [0.29, 0.717) is 17.6 Å². The number of sulfone groups is 1. The van der Waals surface area contributed by atoms with E-state index in [1.165, 1.54) is 0 Å². The Morgan fingerprint density at radius 2 is 1.96 bits per heavy atom. The molecule has 144 valence electrons. The predicted octanol–water partition coefficient (Wildman–Crippen LogP) is 2.36. The summed E-state index contributed by atoms with van der Waals surface area (Å²) in [5, 5.41) is 14.4. The van der Waals surface area contributed by atoms with Crippen molar-refractivity contribution >= 4 is 21.4 Å². The lowest BCUT2D eigenvalue weighted by Crippen LogP contribution is -2.24. The molecule has 9 heteroatoms. The molecule has 1 heterocycles. The normalized spacial score (nSPS) is 17.9. The molecule has 1 N–H and O–H groups in total. The van der Waals surface area contributed by atoms with Crippen LogP contribution in [0.15, 0.2) is 24.3 Å². The number of nitrogens with one attached hydrogen (secondary N) is 1. The van der Waals surface area contributed by atoms with E-state index in [1.807, 2.05) is 22.9 Å². The smallest absolute Gasteiger partial charge is 0.225 e. The highest BCUT2D eigenvalue weighted by atomic mass is 32.2. The van der Waals surface area contributed by atoms with Crippen LogP contribution in [0.25, 0.3) is 11.4 Å². The van der Waals surface area contributed by atoms with Crippen LogP contribution in [-0.4, -0.2) is 45.5 Å². The van der Waals surface area contributed by atoms with Gasteiger partial charge in [0, 0.05) is 17.7 Å². The van der Waals surface area contributed by atoms with Gasteiger partial charge < -0.3 is 5.32 Å². The Labute approximate surface area is 158 Å². The van der Waals surface area contributed by atoms with Gasteiger partial charge in [0.25, 0.3) is 0 Å². The number of tetrazole rings is 1. The fourth-order valence-corrected chi connectivity index (χ4v) is 5.41. The number of hydrogen-bond donors (Lipinski definition) is 1. The Hall–Kier alpha value is -2.29. The van der Waals surface area contributed by atoms with E-state index in [2.05, 4.69) is 20.8 Å². The third-order valence-electron chi connectivity index (χ3n) is 5.21. The van der Waals surface area contributed by atoms with Gasteiger partial charge in [0.15, 0.2) is 15.7 Å². The highest BCUT2D eigenvalue weighted by Crippen LogP contribution is 2.36. The van der Waals surface area contributed by atoms with Crippen molar-refractivity contribution in [2.45, 2.75) is 56.2 Å². The maximum Gasteiger partial charge on any atom is 0.225 e.